The first-order valence-corrected chi connectivity index (χ1v) is 7.97. The molecule has 7 heteroatoms. The van der Waals surface area contributed by atoms with Crippen molar-refractivity contribution in [3.63, 3.8) is 0 Å². The van der Waals surface area contributed by atoms with Gasteiger partial charge in [-0.15, -0.1) is 0 Å². The van der Waals surface area contributed by atoms with E-state index in [-0.39, 0.29) is 16.5 Å². The lowest BCUT2D eigenvalue weighted by Gasteiger charge is -2.08. The van der Waals surface area contributed by atoms with Gasteiger partial charge >= 0.3 is 0 Å². The zero-order valence-electron chi connectivity index (χ0n) is 11.0. The Bertz CT molecular complexity index is 771. The SMILES string of the molecule is N#Cc1ccc(S(=O)(=O)NCCc2ccncc2)c(Cl)c1. The molecule has 0 bridgehead atoms. The van der Waals surface area contributed by atoms with Crippen molar-refractivity contribution in [3.8, 4) is 6.07 Å². The summed E-state index contributed by atoms with van der Waals surface area (Å²) < 4.78 is 26.8. The Morgan fingerprint density at radius 1 is 1.24 bits per heavy atom. The van der Waals surface area contributed by atoms with Crippen molar-refractivity contribution >= 4 is 21.6 Å². The number of rotatable bonds is 5. The number of benzene rings is 1. The van der Waals surface area contributed by atoms with Gasteiger partial charge in [0.1, 0.15) is 4.90 Å². The van der Waals surface area contributed by atoms with Crippen LogP contribution < -0.4 is 4.72 Å². The summed E-state index contributed by atoms with van der Waals surface area (Å²) in [5, 5.41) is 8.78. The Morgan fingerprint density at radius 3 is 2.57 bits per heavy atom. The maximum Gasteiger partial charge on any atom is 0.242 e. The summed E-state index contributed by atoms with van der Waals surface area (Å²) in [5.74, 6) is 0. The van der Waals surface area contributed by atoms with Crippen LogP contribution in [-0.4, -0.2) is 19.9 Å². The van der Waals surface area contributed by atoms with Crippen molar-refractivity contribution in [2.75, 3.05) is 6.54 Å². The highest BCUT2D eigenvalue weighted by Crippen LogP contribution is 2.22. The lowest BCUT2D eigenvalue weighted by molar-refractivity contribution is 0.581. The standard InChI is InChI=1S/C14H12ClN3O2S/c15-13-9-12(10-16)1-2-14(13)21(19,20)18-8-5-11-3-6-17-7-4-11/h1-4,6-7,9,18H,5,8H2. The van der Waals surface area contributed by atoms with Crippen molar-refractivity contribution in [3.05, 3.63) is 58.9 Å². The normalized spacial score (nSPS) is 11.0. The second-order valence-corrected chi connectivity index (χ2v) is 6.40. The molecular weight excluding hydrogens is 310 g/mol. The molecule has 0 amide bonds. The molecule has 5 nitrogen and oxygen atoms in total. The van der Waals surface area contributed by atoms with Crippen molar-refractivity contribution in [1.29, 1.82) is 5.26 Å². The Labute approximate surface area is 128 Å². The average molecular weight is 322 g/mol. The third-order valence-corrected chi connectivity index (χ3v) is 4.75. The minimum atomic E-state index is -3.69. The topological polar surface area (TPSA) is 82.8 Å². The number of nitriles is 1. The van der Waals surface area contributed by atoms with Crippen LogP contribution >= 0.6 is 11.6 Å². The fourth-order valence-electron chi connectivity index (χ4n) is 1.75. The fraction of sp³-hybridized carbons (Fsp3) is 0.143. The minimum Gasteiger partial charge on any atom is -0.265 e. The summed E-state index contributed by atoms with van der Waals surface area (Å²) in [6, 6.07) is 9.63. The first kappa shape index (κ1) is 15.4. The van der Waals surface area contributed by atoms with Gasteiger partial charge in [0.2, 0.25) is 10.0 Å². The van der Waals surface area contributed by atoms with Crippen LogP contribution in [-0.2, 0) is 16.4 Å². The van der Waals surface area contributed by atoms with E-state index in [4.69, 9.17) is 16.9 Å². The summed E-state index contributed by atoms with van der Waals surface area (Å²) in [4.78, 5) is 3.87. The quantitative estimate of drug-likeness (QED) is 0.914. The molecule has 1 N–H and O–H groups in total. The molecule has 1 aromatic heterocycles. The van der Waals surface area contributed by atoms with Crippen LogP contribution in [0.25, 0.3) is 0 Å². The lowest BCUT2D eigenvalue weighted by atomic mass is 10.2. The molecule has 0 atom stereocenters. The highest BCUT2D eigenvalue weighted by atomic mass is 35.5. The van der Waals surface area contributed by atoms with E-state index in [0.717, 1.165) is 5.56 Å². The summed E-state index contributed by atoms with van der Waals surface area (Å²) in [7, 11) is -3.69. The molecule has 0 saturated carbocycles. The lowest BCUT2D eigenvalue weighted by Crippen LogP contribution is -2.26. The zero-order valence-corrected chi connectivity index (χ0v) is 12.5. The highest BCUT2D eigenvalue weighted by Gasteiger charge is 2.17. The number of hydrogen-bond donors (Lipinski definition) is 1. The molecule has 1 aromatic carbocycles. The van der Waals surface area contributed by atoms with Gasteiger partial charge in [-0.05, 0) is 42.3 Å². The zero-order chi connectivity index (χ0) is 15.3. The van der Waals surface area contributed by atoms with E-state index in [1.807, 2.05) is 18.2 Å². The van der Waals surface area contributed by atoms with Crippen LogP contribution in [0.15, 0.2) is 47.6 Å². The molecule has 0 aliphatic carbocycles. The van der Waals surface area contributed by atoms with Crippen molar-refractivity contribution in [1.82, 2.24) is 9.71 Å². The molecule has 0 spiro atoms. The van der Waals surface area contributed by atoms with Gasteiger partial charge in [0.25, 0.3) is 0 Å². The van der Waals surface area contributed by atoms with E-state index in [0.29, 0.717) is 12.0 Å². The molecule has 1 heterocycles. The number of pyridine rings is 1. The smallest absolute Gasteiger partial charge is 0.242 e. The largest absolute Gasteiger partial charge is 0.265 e. The van der Waals surface area contributed by atoms with E-state index in [1.165, 1.54) is 18.2 Å². The fourth-order valence-corrected chi connectivity index (χ4v) is 3.32. The monoisotopic (exact) mass is 321 g/mol. The first-order valence-electron chi connectivity index (χ1n) is 6.11. The molecule has 0 aliphatic heterocycles. The van der Waals surface area contributed by atoms with Gasteiger partial charge < -0.3 is 0 Å². The van der Waals surface area contributed by atoms with Gasteiger partial charge in [-0.25, -0.2) is 13.1 Å². The molecule has 21 heavy (non-hydrogen) atoms. The minimum absolute atomic E-state index is 0.0297. The van der Waals surface area contributed by atoms with Gasteiger partial charge in [-0.2, -0.15) is 5.26 Å². The third-order valence-electron chi connectivity index (χ3n) is 2.81. The molecule has 2 aromatic rings. The molecule has 108 valence electrons. The summed E-state index contributed by atoms with van der Waals surface area (Å²) >= 11 is 5.91. The van der Waals surface area contributed by atoms with Gasteiger partial charge in [0.05, 0.1) is 16.7 Å². The van der Waals surface area contributed by atoms with E-state index in [2.05, 4.69) is 9.71 Å². The van der Waals surface area contributed by atoms with Gasteiger partial charge in [-0.1, -0.05) is 11.6 Å². The number of aromatic nitrogens is 1. The summed E-state index contributed by atoms with van der Waals surface area (Å²) in [6.45, 7) is 0.253. The van der Waals surface area contributed by atoms with Crippen molar-refractivity contribution in [2.24, 2.45) is 0 Å². The van der Waals surface area contributed by atoms with E-state index in [1.54, 1.807) is 12.4 Å². The van der Waals surface area contributed by atoms with Crippen molar-refractivity contribution < 1.29 is 8.42 Å². The predicted octanol–water partition coefficient (Wildman–Crippen LogP) is 2.13. The Morgan fingerprint density at radius 2 is 1.95 bits per heavy atom. The number of sulfonamides is 1. The molecule has 0 unspecified atom stereocenters. The van der Waals surface area contributed by atoms with Crippen molar-refractivity contribution in [2.45, 2.75) is 11.3 Å². The second-order valence-electron chi connectivity index (χ2n) is 4.26. The van der Waals surface area contributed by atoms with E-state index < -0.39 is 10.0 Å². The van der Waals surface area contributed by atoms with Gasteiger partial charge in [0, 0.05) is 18.9 Å². The first-order chi connectivity index (χ1) is 10.0. The maximum absolute atomic E-state index is 12.2. The molecular formula is C14H12ClN3O2S. The number of halogens is 1. The summed E-state index contributed by atoms with van der Waals surface area (Å²) in [5.41, 5.74) is 1.30. The molecule has 0 aliphatic rings. The van der Waals surface area contributed by atoms with E-state index >= 15 is 0 Å². The Kier molecular flexibility index (Phi) is 4.91. The molecule has 0 fully saturated rings. The predicted molar refractivity (Wildman–Crippen MR) is 79.3 cm³/mol. The van der Waals surface area contributed by atoms with Gasteiger partial charge in [-0.3, -0.25) is 4.98 Å². The number of hydrogen-bond acceptors (Lipinski definition) is 4. The number of nitrogens with one attached hydrogen (secondary N) is 1. The third kappa shape index (κ3) is 4.02. The molecule has 0 radical (unpaired) electrons. The van der Waals surface area contributed by atoms with E-state index in [9.17, 15) is 8.42 Å². The second kappa shape index (κ2) is 6.68. The van der Waals surface area contributed by atoms with Gasteiger partial charge in [0.15, 0.2) is 0 Å². The molecule has 0 saturated heterocycles. The average Bonchev–Trinajstić information content (AvgIpc) is 2.47. The number of nitrogens with zero attached hydrogens (tertiary/aromatic N) is 2. The van der Waals surface area contributed by atoms with Crippen LogP contribution in [0, 0.1) is 11.3 Å². The van der Waals surface area contributed by atoms with Crippen LogP contribution in [0.4, 0.5) is 0 Å². The van der Waals surface area contributed by atoms with Crippen LogP contribution in [0.2, 0.25) is 5.02 Å². The van der Waals surface area contributed by atoms with Crippen LogP contribution in [0.3, 0.4) is 0 Å². The van der Waals surface area contributed by atoms with Crippen LogP contribution in [0.5, 0.6) is 0 Å². The Balaban J connectivity index is 2.07. The molecule has 2 rings (SSSR count). The van der Waals surface area contributed by atoms with Crippen LogP contribution in [0.1, 0.15) is 11.1 Å². The highest BCUT2D eigenvalue weighted by molar-refractivity contribution is 7.89. The maximum atomic E-state index is 12.2. The summed E-state index contributed by atoms with van der Waals surface area (Å²) in [6.07, 6.45) is 3.86. The Hall–Kier alpha value is -1.94.